The quantitative estimate of drug-likeness (QED) is 0.703. The number of carbonyl (C=O) groups excluding carboxylic acids is 1. The van der Waals surface area contributed by atoms with E-state index in [2.05, 4.69) is 10.1 Å². The van der Waals surface area contributed by atoms with E-state index in [1.54, 1.807) is 18.3 Å². The van der Waals surface area contributed by atoms with Gasteiger partial charge in [-0.1, -0.05) is 12.1 Å². The molecule has 8 heteroatoms. The molecule has 2 bridgehead atoms. The largest absolute Gasteiger partial charge is 0.477 e. The average Bonchev–Trinajstić information content (AvgIpc) is 3.28. The number of benzene rings is 1. The molecule has 0 N–H and O–H groups in total. The van der Waals surface area contributed by atoms with Gasteiger partial charge in [-0.05, 0) is 49.1 Å². The van der Waals surface area contributed by atoms with Crippen LogP contribution in [-0.2, 0) is 4.79 Å². The first-order valence-corrected chi connectivity index (χ1v) is 10.8. The molecule has 4 aliphatic rings. The number of ether oxygens (including phenoxy) is 1. The Morgan fingerprint density at radius 1 is 1.19 bits per heavy atom. The predicted molar refractivity (Wildman–Crippen MR) is 111 cm³/mol. The maximum Gasteiger partial charge on any atom is 0.246 e. The zero-order valence-electron chi connectivity index (χ0n) is 17.3. The molecule has 3 aliphatic carbocycles. The molecule has 6 nitrogen and oxygen atoms in total. The Balaban J connectivity index is 1.27. The number of amides is 1. The molecule has 3 fully saturated rings. The van der Waals surface area contributed by atoms with Crippen molar-refractivity contribution in [3.63, 3.8) is 0 Å². The molecule has 164 valence electrons. The van der Waals surface area contributed by atoms with Gasteiger partial charge in [-0.2, -0.15) is 10.4 Å². The highest BCUT2D eigenvalue weighted by Crippen LogP contribution is 2.53. The molecule has 3 saturated carbocycles. The van der Waals surface area contributed by atoms with Crippen LogP contribution in [0.1, 0.15) is 42.9 Å². The monoisotopic (exact) mass is 436 g/mol. The molecule has 32 heavy (non-hydrogen) atoms. The zero-order valence-corrected chi connectivity index (χ0v) is 17.3. The van der Waals surface area contributed by atoms with Crippen molar-refractivity contribution in [1.29, 1.82) is 5.26 Å². The fourth-order valence-corrected chi connectivity index (χ4v) is 5.20. The highest BCUT2D eigenvalue weighted by atomic mass is 19.2. The molecule has 2 aromatic rings. The minimum atomic E-state index is -0.922. The Bertz CT molecular complexity index is 1090. The van der Waals surface area contributed by atoms with Crippen LogP contribution in [0.2, 0.25) is 0 Å². The van der Waals surface area contributed by atoms with Crippen LogP contribution < -0.4 is 4.74 Å². The van der Waals surface area contributed by atoms with Gasteiger partial charge in [-0.3, -0.25) is 4.79 Å². The summed E-state index contributed by atoms with van der Waals surface area (Å²) in [5.74, 6) is -0.703. The van der Waals surface area contributed by atoms with E-state index >= 15 is 0 Å². The SMILES string of the molecule is N#Cc1ccc(OC[C@@H]2CC(C(=O)N3N=CCC3c3cccc(F)c3F)C3CC2C3)nc1. The maximum absolute atomic E-state index is 14.4. The number of hydrogen-bond donors (Lipinski definition) is 0. The maximum atomic E-state index is 14.4. The van der Waals surface area contributed by atoms with E-state index in [0.717, 1.165) is 18.9 Å². The third-order valence-corrected chi connectivity index (χ3v) is 7.03. The predicted octanol–water partition coefficient (Wildman–Crippen LogP) is 4.23. The smallest absolute Gasteiger partial charge is 0.246 e. The summed E-state index contributed by atoms with van der Waals surface area (Å²) in [5, 5.41) is 14.5. The first-order valence-electron chi connectivity index (χ1n) is 10.8. The topological polar surface area (TPSA) is 78.6 Å². The highest BCUT2D eigenvalue weighted by molar-refractivity contribution is 5.82. The molecule has 2 unspecified atom stereocenters. The van der Waals surface area contributed by atoms with Gasteiger partial charge in [-0.15, -0.1) is 0 Å². The molecule has 0 radical (unpaired) electrons. The number of halogens is 2. The van der Waals surface area contributed by atoms with Crippen molar-refractivity contribution in [1.82, 2.24) is 9.99 Å². The van der Waals surface area contributed by atoms with Gasteiger partial charge in [0.05, 0.1) is 18.2 Å². The van der Waals surface area contributed by atoms with Gasteiger partial charge >= 0.3 is 0 Å². The van der Waals surface area contributed by atoms with Gasteiger partial charge in [-0.25, -0.2) is 18.8 Å². The minimum absolute atomic E-state index is 0.128. The summed E-state index contributed by atoms with van der Waals surface area (Å²) in [5.41, 5.74) is 0.628. The fraction of sp³-hybridized carbons (Fsp3) is 0.417. The van der Waals surface area contributed by atoms with Gasteiger partial charge in [0.2, 0.25) is 11.8 Å². The Morgan fingerprint density at radius 3 is 2.78 bits per heavy atom. The fourth-order valence-electron chi connectivity index (χ4n) is 5.20. The van der Waals surface area contributed by atoms with Crippen LogP contribution in [0.4, 0.5) is 8.78 Å². The molecule has 1 aliphatic heterocycles. The van der Waals surface area contributed by atoms with Crippen molar-refractivity contribution in [2.24, 2.45) is 28.8 Å². The summed E-state index contributed by atoms with van der Waals surface area (Å²) in [6.45, 7) is 0.450. The third kappa shape index (κ3) is 3.62. The van der Waals surface area contributed by atoms with E-state index < -0.39 is 17.7 Å². The Kier molecular flexibility index (Phi) is 5.33. The lowest BCUT2D eigenvalue weighted by Gasteiger charge is -2.51. The van der Waals surface area contributed by atoms with Crippen LogP contribution in [0.25, 0.3) is 0 Å². The second-order valence-electron chi connectivity index (χ2n) is 8.78. The molecule has 6 rings (SSSR count). The van der Waals surface area contributed by atoms with Gasteiger partial charge in [0.25, 0.3) is 0 Å². The van der Waals surface area contributed by atoms with Crippen molar-refractivity contribution in [3.8, 4) is 11.9 Å². The number of hydrogen-bond acceptors (Lipinski definition) is 5. The van der Waals surface area contributed by atoms with E-state index in [9.17, 15) is 13.6 Å². The van der Waals surface area contributed by atoms with Gasteiger partial charge in [0, 0.05) is 36.4 Å². The van der Waals surface area contributed by atoms with Crippen LogP contribution in [0.15, 0.2) is 41.6 Å². The number of rotatable bonds is 5. The van der Waals surface area contributed by atoms with Crippen molar-refractivity contribution < 1.29 is 18.3 Å². The standard InChI is InChI=1S/C24H22F2N4O2/c25-20-3-1-2-18(23(20)26)21-6-7-29-30(21)24(31)19-10-17(15-8-16(19)9-15)13-32-22-5-4-14(11-27)12-28-22/h1-5,7,12,15-17,19,21H,6,8-10,13H2/t15?,16?,17-,19?,21?/m0/s1. The van der Waals surface area contributed by atoms with Gasteiger partial charge in [0.15, 0.2) is 11.6 Å². The van der Waals surface area contributed by atoms with E-state index in [1.807, 2.05) is 6.07 Å². The molecule has 2 heterocycles. The number of nitrogens with zero attached hydrogens (tertiary/aromatic N) is 4. The van der Waals surface area contributed by atoms with Crippen molar-refractivity contribution in [3.05, 3.63) is 59.3 Å². The van der Waals surface area contributed by atoms with E-state index in [-0.39, 0.29) is 23.3 Å². The Labute approximate surface area is 184 Å². The van der Waals surface area contributed by atoms with Crippen LogP contribution in [0, 0.1) is 46.6 Å². The normalized spacial score (nSPS) is 28.2. The Morgan fingerprint density at radius 2 is 2.03 bits per heavy atom. The second kappa shape index (κ2) is 8.30. The molecule has 3 atom stereocenters. The van der Waals surface area contributed by atoms with Crippen LogP contribution >= 0.6 is 0 Å². The summed E-state index contributed by atoms with van der Waals surface area (Å²) >= 11 is 0. The summed E-state index contributed by atoms with van der Waals surface area (Å²) in [6.07, 6.45) is 6.02. The van der Waals surface area contributed by atoms with E-state index in [4.69, 9.17) is 10.00 Å². The third-order valence-electron chi connectivity index (χ3n) is 7.03. The lowest BCUT2D eigenvalue weighted by molar-refractivity contribution is -0.148. The molecule has 0 spiro atoms. The van der Waals surface area contributed by atoms with E-state index in [0.29, 0.717) is 42.7 Å². The van der Waals surface area contributed by atoms with Gasteiger partial charge < -0.3 is 4.74 Å². The van der Waals surface area contributed by atoms with Crippen molar-refractivity contribution in [2.75, 3.05) is 6.61 Å². The lowest BCUT2D eigenvalue weighted by Crippen LogP contribution is -2.50. The molecule has 0 saturated heterocycles. The van der Waals surface area contributed by atoms with Crippen LogP contribution in [0.3, 0.4) is 0 Å². The number of nitriles is 1. The molecule has 1 aromatic carbocycles. The molecule has 1 amide bonds. The first kappa shape index (κ1) is 20.6. The molecular formula is C24H22F2N4O2. The van der Waals surface area contributed by atoms with Crippen molar-refractivity contribution >= 4 is 12.1 Å². The number of hydrazone groups is 1. The van der Waals surface area contributed by atoms with Crippen LogP contribution in [0.5, 0.6) is 5.88 Å². The van der Waals surface area contributed by atoms with Crippen LogP contribution in [-0.4, -0.2) is 28.7 Å². The number of aromatic nitrogens is 1. The molecule has 1 aromatic heterocycles. The highest BCUT2D eigenvalue weighted by Gasteiger charge is 2.50. The summed E-state index contributed by atoms with van der Waals surface area (Å²) in [6, 6.07) is 8.78. The number of carbonyl (C=O) groups is 1. The zero-order chi connectivity index (χ0) is 22.2. The number of fused-ring (bicyclic) bond motifs is 2. The molecular weight excluding hydrogens is 414 g/mol. The average molecular weight is 436 g/mol. The summed E-state index contributed by atoms with van der Waals surface area (Å²) < 4.78 is 34.0. The van der Waals surface area contributed by atoms with E-state index in [1.165, 1.54) is 23.3 Å². The van der Waals surface area contributed by atoms with Gasteiger partial charge in [0.1, 0.15) is 6.07 Å². The summed E-state index contributed by atoms with van der Waals surface area (Å²) in [7, 11) is 0. The lowest BCUT2D eigenvalue weighted by atomic mass is 9.55. The Hall–Kier alpha value is -3.34. The summed E-state index contributed by atoms with van der Waals surface area (Å²) in [4.78, 5) is 17.6. The first-order chi connectivity index (χ1) is 15.5. The number of pyridine rings is 1. The second-order valence-corrected chi connectivity index (χ2v) is 8.78. The van der Waals surface area contributed by atoms with Crippen molar-refractivity contribution in [2.45, 2.75) is 31.7 Å². The minimum Gasteiger partial charge on any atom is -0.477 e.